The Morgan fingerprint density at radius 1 is 1.80 bits per heavy atom. The molecule has 1 heterocycles. The van der Waals surface area contributed by atoms with E-state index in [9.17, 15) is 4.79 Å². The van der Waals surface area contributed by atoms with Crippen molar-refractivity contribution >= 4 is 5.91 Å². The normalized spacial score (nSPS) is 26.0. The lowest BCUT2D eigenvalue weighted by molar-refractivity contribution is -0.129. The molecule has 0 saturated carbocycles. The number of amides is 1. The molecule has 3 nitrogen and oxygen atoms in total. The number of likely N-dealkylation sites (tertiary alicyclic amines) is 1. The van der Waals surface area contributed by atoms with Gasteiger partial charge < -0.3 is 10.0 Å². The van der Waals surface area contributed by atoms with E-state index < -0.39 is 0 Å². The van der Waals surface area contributed by atoms with E-state index in [4.69, 9.17) is 5.11 Å². The molecule has 10 heavy (non-hydrogen) atoms. The van der Waals surface area contributed by atoms with Gasteiger partial charge in [0.2, 0.25) is 5.91 Å². The molecule has 0 bridgehead atoms. The highest BCUT2D eigenvalue weighted by Gasteiger charge is 2.26. The third kappa shape index (κ3) is 1.29. The summed E-state index contributed by atoms with van der Waals surface area (Å²) in [6, 6.07) is 0.333. The number of hydrogen-bond acceptors (Lipinski definition) is 2. The summed E-state index contributed by atoms with van der Waals surface area (Å²) < 4.78 is 0. The quantitative estimate of drug-likeness (QED) is 0.590. The van der Waals surface area contributed by atoms with E-state index in [0.717, 1.165) is 6.42 Å². The number of β-amino-alcohol motifs (C(OH)–C–C–N with tert-alkyl or cyclic N) is 1. The summed E-state index contributed by atoms with van der Waals surface area (Å²) in [6.45, 7) is 2.59. The Balaban J connectivity index is 2.46. The van der Waals surface area contributed by atoms with Gasteiger partial charge in [0.25, 0.3) is 0 Å². The molecule has 1 aliphatic heterocycles. The molecular weight excluding hydrogens is 130 g/mol. The molecule has 1 atom stereocenters. The number of nitrogens with zero attached hydrogens (tertiary/aromatic N) is 1. The van der Waals surface area contributed by atoms with Gasteiger partial charge in [-0.15, -0.1) is 0 Å². The molecule has 1 fully saturated rings. The van der Waals surface area contributed by atoms with Gasteiger partial charge in [-0.1, -0.05) is 0 Å². The number of hydrogen-bond donors (Lipinski definition) is 1. The molecule has 0 aromatic rings. The second-order valence-corrected chi connectivity index (χ2v) is 2.70. The van der Waals surface area contributed by atoms with Crippen LogP contribution < -0.4 is 0 Å². The van der Waals surface area contributed by atoms with Crippen LogP contribution in [0.2, 0.25) is 0 Å². The lowest BCUT2D eigenvalue weighted by atomic mass is 10.2. The minimum atomic E-state index is 0.0794. The van der Waals surface area contributed by atoms with E-state index in [-0.39, 0.29) is 12.5 Å². The van der Waals surface area contributed by atoms with Crippen LogP contribution in [0.4, 0.5) is 0 Å². The minimum Gasteiger partial charge on any atom is -0.395 e. The lowest BCUT2D eigenvalue weighted by Gasteiger charge is -2.19. The highest BCUT2D eigenvalue weighted by Crippen LogP contribution is 2.16. The van der Waals surface area contributed by atoms with Gasteiger partial charge >= 0.3 is 0 Å². The highest BCUT2D eigenvalue weighted by molar-refractivity contribution is 5.78. The van der Waals surface area contributed by atoms with Crippen LogP contribution in [0.3, 0.4) is 0 Å². The largest absolute Gasteiger partial charge is 0.395 e. The monoisotopic (exact) mass is 143 g/mol. The topological polar surface area (TPSA) is 40.5 Å². The molecule has 1 amide bonds. The van der Waals surface area contributed by atoms with Crippen molar-refractivity contribution in [1.82, 2.24) is 4.90 Å². The fraction of sp³-hybridized carbons (Fsp3) is 0.857. The molecule has 0 radical (unpaired) electrons. The van der Waals surface area contributed by atoms with Crippen LogP contribution in [0.15, 0.2) is 0 Å². The number of aliphatic hydroxyl groups excluding tert-OH is 1. The summed E-state index contributed by atoms with van der Waals surface area (Å²) in [5.74, 6) is 0.182. The van der Waals surface area contributed by atoms with E-state index in [0.29, 0.717) is 19.0 Å². The molecule has 1 unspecified atom stereocenters. The predicted octanol–water partition coefficient (Wildman–Crippen LogP) is -0.0104. The molecule has 0 aromatic carbocycles. The van der Waals surface area contributed by atoms with E-state index in [2.05, 4.69) is 0 Å². The standard InChI is InChI=1S/C7H13NO2/c1-6-2-3-7(10)8(6)4-5-9/h6,9H,2-5H2,1H3. The summed E-state index contributed by atoms with van der Waals surface area (Å²) in [7, 11) is 0. The van der Waals surface area contributed by atoms with Crippen molar-refractivity contribution in [3.8, 4) is 0 Å². The third-order valence-corrected chi connectivity index (χ3v) is 1.97. The zero-order valence-corrected chi connectivity index (χ0v) is 6.21. The Bertz CT molecular complexity index is 136. The Morgan fingerprint density at radius 3 is 2.90 bits per heavy atom. The fourth-order valence-corrected chi connectivity index (χ4v) is 1.33. The number of carbonyl (C=O) groups excluding carboxylic acids is 1. The van der Waals surface area contributed by atoms with Crippen LogP contribution >= 0.6 is 0 Å². The Hall–Kier alpha value is -0.570. The zero-order chi connectivity index (χ0) is 7.56. The Morgan fingerprint density at radius 2 is 2.50 bits per heavy atom. The molecule has 58 valence electrons. The summed E-state index contributed by atoms with van der Waals surface area (Å²) in [5, 5.41) is 8.57. The first-order valence-electron chi connectivity index (χ1n) is 3.66. The predicted molar refractivity (Wildman–Crippen MR) is 37.5 cm³/mol. The van der Waals surface area contributed by atoms with Crippen molar-refractivity contribution in [3.63, 3.8) is 0 Å². The molecule has 1 N–H and O–H groups in total. The first-order valence-corrected chi connectivity index (χ1v) is 3.66. The molecular formula is C7H13NO2. The number of aliphatic hydroxyl groups is 1. The van der Waals surface area contributed by atoms with Crippen molar-refractivity contribution in [3.05, 3.63) is 0 Å². The zero-order valence-electron chi connectivity index (χ0n) is 6.21. The Kier molecular flexibility index (Phi) is 2.27. The minimum absolute atomic E-state index is 0.0794. The summed E-state index contributed by atoms with van der Waals surface area (Å²) in [4.78, 5) is 12.7. The first-order chi connectivity index (χ1) is 4.75. The van der Waals surface area contributed by atoms with Gasteiger partial charge in [-0.05, 0) is 13.3 Å². The third-order valence-electron chi connectivity index (χ3n) is 1.97. The summed E-state index contributed by atoms with van der Waals surface area (Å²) >= 11 is 0. The van der Waals surface area contributed by atoms with Crippen molar-refractivity contribution in [1.29, 1.82) is 0 Å². The Labute approximate surface area is 60.6 Å². The summed E-state index contributed by atoms with van der Waals surface area (Å²) in [5.41, 5.74) is 0. The molecule has 0 spiro atoms. The molecule has 0 aliphatic carbocycles. The van der Waals surface area contributed by atoms with E-state index in [1.165, 1.54) is 0 Å². The van der Waals surface area contributed by atoms with Gasteiger partial charge in [-0.3, -0.25) is 4.79 Å². The average Bonchev–Trinajstić information content (AvgIpc) is 2.20. The maximum atomic E-state index is 11.0. The van der Waals surface area contributed by atoms with Crippen molar-refractivity contribution in [2.45, 2.75) is 25.8 Å². The van der Waals surface area contributed by atoms with Crippen LogP contribution in [-0.4, -0.2) is 35.1 Å². The van der Waals surface area contributed by atoms with Gasteiger partial charge in [-0.2, -0.15) is 0 Å². The van der Waals surface area contributed by atoms with Crippen LogP contribution in [0.25, 0.3) is 0 Å². The molecule has 1 saturated heterocycles. The van der Waals surface area contributed by atoms with Crippen molar-refractivity contribution in [2.24, 2.45) is 0 Å². The number of rotatable bonds is 2. The van der Waals surface area contributed by atoms with Crippen LogP contribution in [0.5, 0.6) is 0 Å². The SMILES string of the molecule is CC1CCC(=O)N1CCO. The number of carbonyl (C=O) groups is 1. The highest BCUT2D eigenvalue weighted by atomic mass is 16.3. The van der Waals surface area contributed by atoms with Gasteiger partial charge in [0.05, 0.1) is 6.61 Å². The molecule has 0 aromatic heterocycles. The van der Waals surface area contributed by atoms with Gasteiger partial charge in [-0.25, -0.2) is 0 Å². The van der Waals surface area contributed by atoms with Crippen molar-refractivity contribution in [2.75, 3.05) is 13.2 Å². The van der Waals surface area contributed by atoms with Crippen LogP contribution in [0.1, 0.15) is 19.8 Å². The first kappa shape index (κ1) is 7.54. The smallest absolute Gasteiger partial charge is 0.222 e. The second-order valence-electron chi connectivity index (χ2n) is 2.70. The van der Waals surface area contributed by atoms with Crippen LogP contribution in [-0.2, 0) is 4.79 Å². The van der Waals surface area contributed by atoms with Crippen molar-refractivity contribution < 1.29 is 9.90 Å². The van der Waals surface area contributed by atoms with Crippen LogP contribution in [0, 0.1) is 0 Å². The maximum absolute atomic E-state index is 11.0. The average molecular weight is 143 g/mol. The molecule has 3 heteroatoms. The van der Waals surface area contributed by atoms with Gasteiger partial charge in [0.1, 0.15) is 0 Å². The molecule has 1 rings (SSSR count). The summed E-state index contributed by atoms with van der Waals surface area (Å²) in [6.07, 6.45) is 1.60. The fourth-order valence-electron chi connectivity index (χ4n) is 1.33. The second kappa shape index (κ2) is 3.01. The van der Waals surface area contributed by atoms with Gasteiger partial charge in [0, 0.05) is 19.0 Å². The van der Waals surface area contributed by atoms with E-state index >= 15 is 0 Å². The maximum Gasteiger partial charge on any atom is 0.222 e. The van der Waals surface area contributed by atoms with Gasteiger partial charge in [0.15, 0.2) is 0 Å². The van der Waals surface area contributed by atoms with E-state index in [1.54, 1.807) is 4.90 Å². The lowest BCUT2D eigenvalue weighted by Crippen LogP contribution is -2.33. The molecule has 1 aliphatic rings. The van der Waals surface area contributed by atoms with E-state index in [1.807, 2.05) is 6.92 Å².